The number of aliphatic hydroxyl groups is 1. The maximum absolute atomic E-state index is 9.85. The zero-order valence-electron chi connectivity index (χ0n) is 14.8. The van der Waals surface area contributed by atoms with Crippen molar-refractivity contribution in [2.75, 3.05) is 6.54 Å². The molecule has 0 bridgehead atoms. The van der Waals surface area contributed by atoms with Gasteiger partial charge in [-0.3, -0.25) is 9.58 Å². The van der Waals surface area contributed by atoms with Crippen molar-refractivity contribution in [2.45, 2.75) is 71.2 Å². The van der Waals surface area contributed by atoms with E-state index in [1.54, 1.807) is 11.3 Å². The van der Waals surface area contributed by atoms with Crippen LogP contribution < -0.4 is 0 Å². The van der Waals surface area contributed by atoms with Gasteiger partial charge in [0.15, 0.2) is 0 Å². The van der Waals surface area contributed by atoms with Gasteiger partial charge in [0.05, 0.1) is 18.3 Å². The van der Waals surface area contributed by atoms with Crippen molar-refractivity contribution in [3.63, 3.8) is 0 Å². The highest BCUT2D eigenvalue weighted by molar-refractivity contribution is 7.10. The predicted octanol–water partition coefficient (Wildman–Crippen LogP) is 4.14. The molecule has 0 spiro atoms. The van der Waals surface area contributed by atoms with E-state index >= 15 is 0 Å². The van der Waals surface area contributed by atoms with Crippen LogP contribution in [0.25, 0.3) is 0 Å². The summed E-state index contributed by atoms with van der Waals surface area (Å²) in [6.45, 7) is 6.44. The van der Waals surface area contributed by atoms with Crippen molar-refractivity contribution in [3.05, 3.63) is 39.8 Å². The fraction of sp³-hybridized carbons (Fsp3) is 0.632. The van der Waals surface area contributed by atoms with Crippen LogP contribution in [0.2, 0.25) is 0 Å². The van der Waals surface area contributed by atoms with Crippen molar-refractivity contribution in [1.29, 1.82) is 0 Å². The fourth-order valence-electron chi connectivity index (χ4n) is 3.59. The zero-order valence-corrected chi connectivity index (χ0v) is 15.6. The molecule has 0 radical (unpaired) electrons. The van der Waals surface area contributed by atoms with Gasteiger partial charge in [0.2, 0.25) is 0 Å². The minimum absolute atomic E-state index is 0.321. The largest absolute Gasteiger partial charge is 0.392 e. The Bertz CT molecular complexity index is 628. The first-order valence-corrected chi connectivity index (χ1v) is 9.96. The molecule has 2 aromatic heterocycles. The minimum atomic E-state index is -0.321. The summed E-state index contributed by atoms with van der Waals surface area (Å²) >= 11 is 1.80. The van der Waals surface area contributed by atoms with Crippen molar-refractivity contribution in [3.8, 4) is 0 Å². The summed E-state index contributed by atoms with van der Waals surface area (Å²) < 4.78 is 2.17. The number of rotatable bonds is 7. The Balaban J connectivity index is 1.65. The SMILES string of the molecule is Cc1ccsc1CN(Cc1cnn(C2CCCCC2)c1)CC(C)O. The lowest BCUT2D eigenvalue weighted by molar-refractivity contribution is 0.118. The van der Waals surface area contributed by atoms with Gasteiger partial charge in [0.1, 0.15) is 0 Å². The molecule has 2 aromatic rings. The highest BCUT2D eigenvalue weighted by atomic mass is 32.1. The monoisotopic (exact) mass is 347 g/mol. The first-order chi connectivity index (χ1) is 11.6. The lowest BCUT2D eigenvalue weighted by Gasteiger charge is -2.23. The second-order valence-corrected chi connectivity index (χ2v) is 8.17. The summed E-state index contributed by atoms with van der Waals surface area (Å²) in [5, 5.41) is 16.6. The van der Waals surface area contributed by atoms with Crippen LogP contribution in [0, 0.1) is 6.92 Å². The summed E-state index contributed by atoms with van der Waals surface area (Å²) in [5.74, 6) is 0. The van der Waals surface area contributed by atoms with Crippen LogP contribution >= 0.6 is 11.3 Å². The molecule has 1 aliphatic rings. The number of nitrogens with zero attached hydrogens (tertiary/aromatic N) is 3. The number of aryl methyl sites for hydroxylation is 1. The number of aromatic nitrogens is 2. The van der Waals surface area contributed by atoms with E-state index < -0.39 is 0 Å². The van der Waals surface area contributed by atoms with Crippen molar-refractivity contribution in [1.82, 2.24) is 14.7 Å². The van der Waals surface area contributed by atoms with Gasteiger partial charge >= 0.3 is 0 Å². The van der Waals surface area contributed by atoms with Crippen LogP contribution in [0.15, 0.2) is 23.8 Å². The van der Waals surface area contributed by atoms with Crippen molar-refractivity contribution < 1.29 is 5.11 Å². The average Bonchev–Trinajstić information content (AvgIpc) is 3.17. The molecule has 24 heavy (non-hydrogen) atoms. The molecular formula is C19H29N3OS. The average molecular weight is 348 g/mol. The topological polar surface area (TPSA) is 41.3 Å². The molecule has 1 saturated carbocycles. The molecule has 0 aliphatic heterocycles. The summed E-state index contributed by atoms with van der Waals surface area (Å²) in [6.07, 6.45) is 10.4. The van der Waals surface area contributed by atoms with Gasteiger partial charge < -0.3 is 5.11 Å². The molecule has 132 valence electrons. The van der Waals surface area contributed by atoms with Gasteiger partial charge in [-0.15, -0.1) is 11.3 Å². The third-order valence-corrected chi connectivity index (χ3v) is 5.88. The van der Waals surface area contributed by atoms with Crippen LogP contribution in [0.1, 0.15) is 61.1 Å². The molecule has 1 N–H and O–H groups in total. The standard InChI is InChI=1S/C19H29N3OS/c1-15-8-9-24-19(15)14-21(11-16(2)23)12-17-10-20-22(13-17)18-6-4-3-5-7-18/h8-10,13,16,18,23H,3-7,11-12,14H2,1-2H3. The van der Waals surface area contributed by atoms with Crippen LogP contribution in [-0.2, 0) is 13.1 Å². The van der Waals surface area contributed by atoms with Crippen LogP contribution in [0.3, 0.4) is 0 Å². The molecular weight excluding hydrogens is 318 g/mol. The van der Waals surface area contributed by atoms with Gasteiger partial charge in [-0.2, -0.15) is 5.10 Å². The molecule has 0 aromatic carbocycles. The Morgan fingerprint density at radius 3 is 2.79 bits per heavy atom. The predicted molar refractivity (Wildman–Crippen MR) is 99.2 cm³/mol. The Kier molecular flexibility index (Phi) is 6.09. The van der Waals surface area contributed by atoms with Crippen molar-refractivity contribution >= 4 is 11.3 Å². The van der Waals surface area contributed by atoms with Gasteiger partial charge in [0, 0.05) is 36.3 Å². The number of thiophene rings is 1. The summed E-state index contributed by atoms with van der Waals surface area (Å²) in [4.78, 5) is 3.71. The van der Waals surface area contributed by atoms with E-state index in [-0.39, 0.29) is 6.10 Å². The molecule has 0 saturated heterocycles. The lowest BCUT2D eigenvalue weighted by Crippen LogP contribution is -2.30. The van der Waals surface area contributed by atoms with Crippen LogP contribution in [-0.4, -0.2) is 32.4 Å². The van der Waals surface area contributed by atoms with E-state index in [4.69, 9.17) is 0 Å². The van der Waals surface area contributed by atoms with Crippen molar-refractivity contribution in [2.24, 2.45) is 0 Å². The van der Waals surface area contributed by atoms with E-state index in [2.05, 4.69) is 39.2 Å². The molecule has 1 atom stereocenters. The molecule has 1 unspecified atom stereocenters. The van der Waals surface area contributed by atoms with E-state index in [0.717, 1.165) is 13.1 Å². The molecule has 5 heteroatoms. The highest BCUT2D eigenvalue weighted by Crippen LogP contribution is 2.28. The highest BCUT2D eigenvalue weighted by Gasteiger charge is 2.17. The molecule has 1 aliphatic carbocycles. The maximum atomic E-state index is 9.85. The van der Waals surface area contributed by atoms with Gasteiger partial charge in [-0.05, 0) is 43.7 Å². The van der Waals surface area contributed by atoms with E-state index in [1.165, 1.54) is 48.1 Å². The summed E-state index contributed by atoms with van der Waals surface area (Å²) in [6, 6.07) is 2.75. The number of aliphatic hydroxyl groups excluding tert-OH is 1. The first kappa shape index (κ1) is 17.6. The molecule has 3 rings (SSSR count). The molecule has 4 nitrogen and oxygen atoms in total. The fourth-order valence-corrected chi connectivity index (χ4v) is 4.54. The lowest BCUT2D eigenvalue weighted by atomic mass is 9.96. The van der Waals surface area contributed by atoms with E-state index in [9.17, 15) is 5.11 Å². The zero-order chi connectivity index (χ0) is 16.9. The number of hydrogen-bond acceptors (Lipinski definition) is 4. The smallest absolute Gasteiger partial charge is 0.0639 e. The Morgan fingerprint density at radius 1 is 1.33 bits per heavy atom. The minimum Gasteiger partial charge on any atom is -0.392 e. The van der Waals surface area contributed by atoms with Crippen LogP contribution in [0.4, 0.5) is 0 Å². The Morgan fingerprint density at radius 2 is 2.12 bits per heavy atom. The van der Waals surface area contributed by atoms with Gasteiger partial charge in [-0.1, -0.05) is 19.3 Å². The van der Waals surface area contributed by atoms with Gasteiger partial charge in [-0.25, -0.2) is 0 Å². The quantitative estimate of drug-likeness (QED) is 0.818. The normalized spacial score (nSPS) is 17.5. The summed E-state index contributed by atoms with van der Waals surface area (Å²) in [7, 11) is 0. The van der Waals surface area contributed by atoms with Crippen LogP contribution in [0.5, 0.6) is 0 Å². The maximum Gasteiger partial charge on any atom is 0.0639 e. The first-order valence-electron chi connectivity index (χ1n) is 9.08. The molecule has 1 fully saturated rings. The van der Waals surface area contributed by atoms with E-state index in [0.29, 0.717) is 12.6 Å². The summed E-state index contributed by atoms with van der Waals surface area (Å²) in [5.41, 5.74) is 2.59. The second kappa shape index (κ2) is 8.28. The van der Waals surface area contributed by atoms with Gasteiger partial charge in [0.25, 0.3) is 0 Å². The number of hydrogen-bond donors (Lipinski definition) is 1. The Hall–Kier alpha value is -1.17. The third-order valence-electron chi connectivity index (χ3n) is 4.87. The molecule has 0 amide bonds. The molecule has 2 heterocycles. The van der Waals surface area contributed by atoms with E-state index in [1.807, 2.05) is 13.1 Å². The third kappa shape index (κ3) is 4.68. The Labute approximate surface area is 149 Å². The second-order valence-electron chi connectivity index (χ2n) is 7.17.